The molecule has 96 valence electrons. The van der Waals surface area contributed by atoms with Gasteiger partial charge in [-0.25, -0.2) is 0 Å². The van der Waals surface area contributed by atoms with E-state index in [0.29, 0.717) is 0 Å². The molecule has 0 aliphatic rings. The van der Waals surface area contributed by atoms with Gasteiger partial charge in [0, 0.05) is 0 Å². The first-order chi connectivity index (χ1) is 7.00. The molecule has 10 heteroatoms. The molecular formula is C6H6Fe2O6S2-2. The normalized spacial score (nSPS) is 1.88. The van der Waals surface area contributed by atoms with Crippen LogP contribution in [0.5, 0.6) is 0 Å². The van der Waals surface area contributed by atoms with Gasteiger partial charge in [-0.1, -0.05) is 0 Å². The maximum absolute atomic E-state index is 7.75. The molecule has 2 radical (unpaired) electrons. The van der Waals surface area contributed by atoms with Crippen molar-refractivity contribution in [1.29, 1.82) is 0 Å². The number of carbonyl (C=O) groups excluding carboxylic acids is 6. The monoisotopic (exact) mass is 350 g/mol. The minimum atomic E-state index is 0. The van der Waals surface area contributed by atoms with E-state index in [0.717, 1.165) is 0 Å². The molecule has 0 spiro atoms. The van der Waals surface area contributed by atoms with Gasteiger partial charge in [-0.05, 0) is 0 Å². The van der Waals surface area contributed by atoms with E-state index >= 15 is 0 Å². The Labute approximate surface area is 126 Å². The summed E-state index contributed by atoms with van der Waals surface area (Å²) in [4.78, 5) is 46.5. The van der Waals surface area contributed by atoms with Crippen LogP contribution >= 0.6 is 0 Å². The van der Waals surface area contributed by atoms with Crippen molar-refractivity contribution in [1.82, 2.24) is 0 Å². The molecule has 0 unspecified atom stereocenters. The molecule has 0 amide bonds. The summed E-state index contributed by atoms with van der Waals surface area (Å²) < 4.78 is 0. The first-order valence-electron chi connectivity index (χ1n) is 1.58. The minimum Gasteiger partial charge on any atom is -1.00 e. The van der Waals surface area contributed by atoms with Gasteiger partial charge in [-0.2, -0.15) is 0 Å². The van der Waals surface area contributed by atoms with Gasteiger partial charge in [-0.15, -0.1) is 0 Å². The fraction of sp³-hybridized carbons (Fsp3) is 0. The van der Waals surface area contributed by atoms with Crippen molar-refractivity contribution in [2.45, 2.75) is 0 Å². The minimum absolute atomic E-state index is 0. The van der Waals surface area contributed by atoms with Gasteiger partial charge in [0.1, 0.15) is 0 Å². The quantitative estimate of drug-likeness (QED) is 0.168. The second-order valence-electron chi connectivity index (χ2n) is 0. The first kappa shape index (κ1) is 75.1. The Bertz CT molecular complexity index is 44.5. The molecule has 0 aromatic carbocycles. The van der Waals surface area contributed by atoms with Crippen molar-refractivity contribution in [2.24, 2.45) is 0 Å². The molecule has 0 N–H and O–H groups in total. The van der Waals surface area contributed by atoms with E-state index < -0.39 is 0 Å². The Balaban J connectivity index is -0.00000000500. The maximum Gasteiger partial charge on any atom is 3.00 e. The van der Waals surface area contributed by atoms with Gasteiger partial charge in [-0.3, -0.25) is 40.7 Å². The van der Waals surface area contributed by atoms with Gasteiger partial charge in [0.05, 0.1) is 0 Å². The summed E-state index contributed by atoms with van der Waals surface area (Å²) in [6.07, 6.45) is 0. The molecule has 0 atom stereocenters. The fourth-order valence-corrected chi connectivity index (χ4v) is 0. The van der Waals surface area contributed by atoms with Gasteiger partial charge in [0.2, 0.25) is 0 Å². The summed E-state index contributed by atoms with van der Waals surface area (Å²) in [6.45, 7) is 19.5. The molecule has 0 aliphatic heterocycles. The molecule has 0 saturated carbocycles. The SMILES string of the molecule is [CH-]=O.[CH-]=O.[CH-]=O.[CH-]=O.[CH-]=O.[CH-]=O.[Fe+3].[Fe+3].[S-][S-]. The van der Waals surface area contributed by atoms with Crippen LogP contribution in [0.4, 0.5) is 0 Å². The average molecular weight is 350 g/mol. The first-order valence-corrected chi connectivity index (χ1v) is 2.91. The van der Waals surface area contributed by atoms with E-state index in [2.05, 4.69) is 64.1 Å². The largest absolute Gasteiger partial charge is 3.00 e. The third-order valence-corrected chi connectivity index (χ3v) is 0. The third kappa shape index (κ3) is 38600. The molecule has 0 aromatic rings. The predicted octanol–water partition coefficient (Wildman–Crippen LogP) is -1.65. The van der Waals surface area contributed by atoms with E-state index in [4.69, 9.17) is 28.8 Å². The predicted molar refractivity (Wildman–Crippen MR) is 55.2 cm³/mol. The third-order valence-electron chi connectivity index (χ3n) is 0. The van der Waals surface area contributed by atoms with Crippen LogP contribution in [-0.2, 0) is 86.2 Å². The van der Waals surface area contributed by atoms with Gasteiger partial charge >= 0.3 is 34.1 Å². The Morgan fingerprint density at radius 2 is 0.375 bits per heavy atom. The van der Waals surface area contributed by atoms with Gasteiger partial charge < -0.3 is 52.1 Å². The van der Waals surface area contributed by atoms with Gasteiger partial charge in [0.15, 0.2) is 0 Å². The van der Waals surface area contributed by atoms with Crippen LogP contribution < -0.4 is 0 Å². The maximum atomic E-state index is 7.75. The molecule has 0 heterocycles. The smallest absolute Gasteiger partial charge is 1.00 e. The summed E-state index contributed by atoms with van der Waals surface area (Å²) in [7, 11) is 0. The zero-order valence-electron chi connectivity index (χ0n) is 7.44. The molecule has 0 saturated heterocycles. The zero-order chi connectivity index (χ0) is 14.0. The van der Waals surface area contributed by atoms with Crippen LogP contribution in [0, 0.1) is 0 Å². The Morgan fingerprint density at radius 3 is 0.375 bits per heavy atom. The van der Waals surface area contributed by atoms with Crippen LogP contribution in [0.1, 0.15) is 0 Å². The van der Waals surface area contributed by atoms with Crippen LogP contribution in [-0.4, -0.2) is 40.7 Å². The second-order valence-corrected chi connectivity index (χ2v) is 0. The molecule has 0 rings (SSSR count). The number of rotatable bonds is 0. The second kappa shape index (κ2) is 48100. The Hall–Kier alpha value is -0.241. The molecule has 0 bridgehead atoms. The molecule has 6 nitrogen and oxygen atoms in total. The van der Waals surface area contributed by atoms with E-state index in [1.54, 1.807) is 0 Å². The van der Waals surface area contributed by atoms with E-state index in [1.807, 2.05) is 0 Å². The van der Waals surface area contributed by atoms with Gasteiger partial charge in [0.25, 0.3) is 0 Å². The van der Waals surface area contributed by atoms with E-state index in [-0.39, 0.29) is 34.1 Å². The van der Waals surface area contributed by atoms with Crippen LogP contribution in [0.25, 0.3) is 0 Å². The molecule has 0 aliphatic carbocycles. The average Bonchev–Trinajstić information content (AvgIpc) is 2.45. The standard InChI is InChI=1S/6CHO.2Fe.S2/c6*1-2;;;1-2/h6*1H;;;/q6*-1;2*+3;-2. The van der Waals surface area contributed by atoms with Crippen LogP contribution in [0.2, 0.25) is 0 Å². The zero-order valence-corrected chi connectivity index (χ0v) is 11.3. The topological polar surface area (TPSA) is 102 Å². The van der Waals surface area contributed by atoms with E-state index in [1.165, 1.54) is 0 Å². The Kier molecular flexibility index (Phi) is 226000. The van der Waals surface area contributed by atoms with Crippen LogP contribution in [0.15, 0.2) is 0 Å². The molecule has 0 aromatic heterocycles. The summed E-state index contributed by atoms with van der Waals surface area (Å²) in [5.74, 6) is 0. The summed E-state index contributed by atoms with van der Waals surface area (Å²) in [5, 5.41) is 0. The van der Waals surface area contributed by atoms with Crippen LogP contribution in [0.3, 0.4) is 0 Å². The number of hydrogen-bond acceptors (Lipinski definition) is 8. The van der Waals surface area contributed by atoms with Crippen molar-refractivity contribution in [3.05, 3.63) is 0 Å². The fourth-order valence-electron chi connectivity index (χ4n) is 0. The van der Waals surface area contributed by atoms with Crippen molar-refractivity contribution in [3.63, 3.8) is 0 Å². The Morgan fingerprint density at radius 1 is 0.375 bits per heavy atom. The summed E-state index contributed by atoms with van der Waals surface area (Å²) in [5.41, 5.74) is 0. The molecule has 16 heavy (non-hydrogen) atoms. The van der Waals surface area contributed by atoms with Crippen molar-refractivity contribution < 1.29 is 62.9 Å². The summed E-state index contributed by atoms with van der Waals surface area (Å²) in [6, 6.07) is 0. The van der Waals surface area contributed by atoms with Crippen molar-refractivity contribution in [3.8, 4) is 0 Å². The van der Waals surface area contributed by atoms with Crippen molar-refractivity contribution in [2.75, 3.05) is 0 Å². The number of hydrogen-bond donors (Lipinski definition) is 0. The van der Waals surface area contributed by atoms with Crippen molar-refractivity contribution >= 4 is 64.1 Å². The summed E-state index contributed by atoms with van der Waals surface area (Å²) >= 11 is 7.33. The van der Waals surface area contributed by atoms with E-state index in [9.17, 15) is 0 Å². The molecule has 0 fully saturated rings. The molecular weight excluding hydrogens is 344 g/mol.